The Hall–Kier alpha value is -1.57. The molecule has 1 aromatic rings. The number of rotatable bonds is 10. The summed E-state index contributed by atoms with van der Waals surface area (Å²) >= 11 is 0. The summed E-state index contributed by atoms with van der Waals surface area (Å²) in [6.07, 6.45) is 14.1. The van der Waals surface area contributed by atoms with Gasteiger partial charge in [-0.25, -0.2) is 0 Å². The van der Waals surface area contributed by atoms with E-state index in [4.69, 9.17) is 4.74 Å². The van der Waals surface area contributed by atoms with E-state index in [2.05, 4.69) is 19.9 Å². The number of carbonyl (C=O) groups is 1. The summed E-state index contributed by atoms with van der Waals surface area (Å²) in [6.45, 7) is 4.51. The quantitative estimate of drug-likeness (QED) is 0.268. The summed E-state index contributed by atoms with van der Waals surface area (Å²) in [7, 11) is 0. The summed E-state index contributed by atoms with van der Waals surface area (Å²) in [4.78, 5) is 12.1. The second-order valence-electron chi connectivity index (χ2n) is 7.37. The van der Waals surface area contributed by atoms with E-state index in [1.54, 1.807) is 5.57 Å². The van der Waals surface area contributed by atoms with Crippen LogP contribution >= 0.6 is 0 Å². The first-order valence-electron chi connectivity index (χ1n) is 10.2. The molecule has 0 N–H and O–H groups in total. The summed E-state index contributed by atoms with van der Waals surface area (Å²) in [5, 5.41) is 0. The fourth-order valence-corrected chi connectivity index (χ4v) is 3.86. The van der Waals surface area contributed by atoms with E-state index in [9.17, 15) is 4.79 Å². The van der Waals surface area contributed by atoms with Crippen molar-refractivity contribution in [3.63, 3.8) is 0 Å². The number of hydrogen-bond donors (Lipinski definition) is 0. The molecule has 0 spiro atoms. The Morgan fingerprint density at radius 3 is 2.60 bits per heavy atom. The van der Waals surface area contributed by atoms with E-state index in [-0.39, 0.29) is 5.97 Å². The lowest BCUT2D eigenvalue weighted by Gasteiger charge is -2.27. The van der Waals surface area contributed by atoms with Crippen molar-refractivity contribution in [3.05, 3.63) is 42.0 Å². The first-order valence-corrected chi connectivity index (χ1v) is 10.2. The van der Waals surface area contributed by atoms with Crippen molar-refractivity contribution in [2.75, 3.05) is 0 Å². The molecule has 1 aromatic carbocycles. The molecule has 2 atom stereocenters. The highest BCUT2D eigenvalue weighted by Crippen LogP contribution is 2.34. The van der Waals surface area contributed by atoms with Gasteiger partial charge in [-0.1, -0.05) is 69.4 Å². The Labute approximate surface area is 153 Å². The van der Waals surface area contributed by atoms with Crippen LogP contribution in [0.5, 0.6) is 5.75 Å². The molecule has 1 aliphatic rings. The molecule has 0 saturated carbocycles. The van der Waals surface area contributed by atoms with Crippen molar-refractivity contribution in [2.24, 2.45) is 11.8 Å². The van der Waals surface area contributed by atoms with Gasteiger partial charge in [-0.15, -0.1) is 0 Å². The maximum Gasteiger partial charge on any atom is 0.311 e. The topological polar surface area (TPSA) is 26.3 Å². The third-order valence-electron chi connectivity index (χ3n) is 5.35. The number of esters is 1. The van der Waals surface area contributed by atoms with Crippen molar-refractivity contribution < 1.29 is 9.53 Å². The molecule has 2 unspecified atom stereocenters. The first-order chi connectivity index (χ1) is 12.2. The molecule has 25 heavy (non-hydrogen) atoms. The molecule has 0 aromatic heterocycles. The molecule has 0 amide bonds. The van der Waals surface area contributed by atoms with Crippen molar-refractivity contribution in [2.45, 2.75) is 78.1 Å². The fourth-order valence-electron chi connectivity index (χ4n) is 3.86. The Balaban J connectivity index is 1.82. The molecule has 2 nitrogen and oxygen atoms in total. The van der Waals surface area contributed by atoms with Crippen molar-refractivity contribution >= 4 is 5.97 Å². The van der Waals surface area contributed by atoms with Gasteiger partial charge in [0.25, 0.3) is 0 Å². The van der Waals surface area contributed by atoms with Crippen LogP contribution < -0.4 is 4.74 Å². The second kappa shape index (κ2) is 11.1. The van der Waals surface area contributed by atoms with Crippen LogP contribution in [-0.4, -0.2) is 5.97 Å². The van der Waals surface area contributed by atoms with Crippen LogP contribution in [0.3, 0.4) is 0 Å². The zero-order valence-electron chi connectivity index (χ0n) is 16.0. The van der Waals surface area contributed by atoms with Gasteiger partial charge in [0.2, 0.25) is 0 Å². The first kappa shape index (κ1) is 19.8. The van der Waals surface area contributed by atoms with Gasteiger partial charge in [0.15, 0.2) is 0 Å². The smallest absolute Gasteiger partial charge is 0.311 e. The van der Waals surface area contributed by atoms with E-state index in [0.717, 1.165) is 12.3 Å². The SMILES string of the molecule is CCCCC1CC=C(C(CCC)CCC(=O)Oc2ccccc2)CC1. The summed E-state index contributed by atoms with van der Waals surface area (Å²) in [6, 6.07) is 9.38. The highest BCUT2D eigenvalue weighted by molar-refractivity contribution is 5.72. The lowest BCUT2D eigenvalue weighted by atomic mass is 9.79. The van der Waals surface area contributed by atoms with Crippen LogP contribution in [0.2, 0.25) is 0 Å². The normalized spacial score (nSPS) is 18.5. The molecule has 0 fully saturated rings. The highest BCUT2D eigenvalue weighted by atomic mass is 16.5. The summed E-state index contributed by atoms with van der Waals surface area (Å²) in [5.74, 6) is 1.98. The molecule has 2 heteroatoms. The van der Waals surface area contributed by atoms with Crippen molar-refractivity contribution in [3.8, 4) is 5.75 Å². The van der Waals surface area contributed by atoms with Gasteiger partial charge in [-0.3, -0.25) is 4.79 Å². The third kappa shape index (κ3) is 7.05. The Bertz CT molecular complexity index is 532. The molecule has 0 bridgehead atoms. The van der Waals surface area contributed by atoms with Crippen LogP contribution in [-0.2, 0) is 4.79 Å². The lowest BCUT2D eigenvalue weighted by Crippen LogP contribution is -2.15. The predicted molar refractivity (Wildman–Crippen MR) is 105 cm³/mol. The number of allylic oxidation sites excluding steroid dienone is 2. The van der Waals surface area contributed by atoms with E-state index < -0.39 is 0 Å². The summed E-state index contributed by atoms with van der Waals surface area (Å²) in [5.41, 5.74) is 1.60. The molecular weight excluding hydrogens is 308 g/mol. The fraction of sp³-hybridized carbons (Fsp3) is 0.609. The Morgan fingerprint density at radius 1 is 1.16 bits per heavy atom. The van der Waals surface area contributed by atoms with E-state index >= 15 is 0 Å². The monoisotopic (exact) mass is 342 g/mol. The summed E-state index contributed by atoms with van der Waals surface area (Å²) < 4.78 is 5.43. The average Bonchev–Trinajstić information content (AvgIpc) is 2.65. The molecular formula is C23H34O2. The molecule has 0 heterocycles. The minimum Gasteiger partial charge on any atom is -0.427 e. The van der Waals surface area contributed by atoms with Gasteiger partial charge in [0.1, 0.15) is 5.75 Å². The maximum atomic E-state index is 12.1. The lowest BCUT2D eigenvalue weighted by molar-refractivity contribution is -0.134. The average molecular weight is 343 g/mol. The molecule has 1 aliphatic carbocycles. The molecule has 0 saturated heterocycles. The number of carbonyl (C=O) groups excluding carboxylic acids is 1. The van der Waals surface area contributed by atoms with Gasteiger partial charge >= 0.3 is 5.97 Å². The number of unbranched alkanes of at least 4 members (excludes halogenated alkanes) is 1. The van der Waals surface area contributed by atoms with Crippen LogP contribution in [0.4, 0.5) is 0 Å². The minimum atomic E-state index is -0.107. The molecule has 0 aliphatic heterocycles. The van der Waals surface area contributed by atoms with Crippen molar-refractivity contribution in [1.29, 1.82) is 0 Å². The van der Waals surface area contributed by atoms with Crippen LogP contribution in [0.1, 0.15) is 78.1 Å². The Kier molecular flexibility index (Phi) is 8.79. The second-order valence-corrected chi connectivity index (χ2v) is 7.37. The molecule has 2 rings (SSSR count). The molecule has 138 valence electrons. The number of ether oxygens (including phenoxy) is 1. The van der Waals surface area contributed by atoms with Crippen LogP contribution in [0.25, 0.3) is 0 Å². The van der Waals surface area contributed by atoms with Gasteiger partial charge in [-0.05, 0) is 56.1 Å². The largest absolute Gasteiger partial charge is 0.427 e. The maximum absolute atomic E-state index is 12.1. The minimum absolute atomic E-state index is 0.107. The van der Waals surface area contributed by atoms with Crippen molar-refractivity contribution in [1.82, 2.24) is 0 Å². The Morgan fingerprint density at radius 2 is 1.96 bits per heavy atom. The van der Waals surface area contributed by atoms with Crippen LogP contribution in [0, 0.1) is 11.8 Å². The van der Waals surface area contributed by atoms with Gasteiger partial charge < -0.3 is 4.74 Å². The van der Waals surface area contributed by atoms with Crippen LogP contribution in [0.15, 0.2) is 42.0 Å². The number of hydrogen-bond acceptors (Lipinski definition) is 2. The van der Waals surface area contributed by atoms with E-state index in [0.29, 0.717) is 18.1 Å². The van der Waals surface area contributed by atoms with Gasteiger partial charge in [0, 0.05) is 6.42 Å². The number of para-hydroxylation sites is 1. The molecule has 0 radical (unpaired) electrons. The predicted octanol–water partition coefficient (Wildman–Crippen LogP) is 6.71. The van der Waals surface area contributed by atoms with Gasteiger partial charge in [-0.2, -0.15) is 0 Å². The van der Waals surface area contributed by atoms with Gasteiger partial charge in [0.05, 0.1) is 0 Å². The standard InChI is InChI=1S/C23H34O2/c1-3-5-10-19-13-15-21(16-14-19)20(9-4-2)17-18-23(24)25-22-11-7-6-8-12-22/h6-8,11-12,15,19-20H,3-5,9-10,13-14,16-18H2,1-2H3. The zero-order valence-corrected chi connectivity index (χ0v) is 16.0. The van der Waals surface area contributed by atoms with E-state index in [1.165, 1.54) is 51.4 Å². The zero-order chi connectivity index (χ0) is 17.9. The van der Waals surface area contributed by atoms with E-state index in [1.807, 2.05) is 30.3 Å². The highest BCUT2D eigenvalue weighted by Gasteiger charge is 2.21. The third-order valence-corrected chi connectivity index (χ3v) is 5.35. The number of benzene rings is 1.